The van der Waals surface area contributed by atoms with Gasteiger partial charge in [-0.3, -0.25) is 5.32 Å². The Balaban J connectivity index is 2.27. The number of ether oxygens (including phenoxy) is 2. The molecule has 5 heteroatoms. The maximum Gasteiger partial charge on any atom is 0.104 e. The van der Waals surface area contributed by atoms with E-state index in [1.54, 1.807) is 14.2 Å². The van der Waals surface area contributed by atoms with Crippen LogP contribution in [0.25, 0.3) is 0 Å². The molecule has 122 valence electrons. The number of nitrogens with one attached hydrogen (secondary N) is 1. The van der Waals surface area contributed by atoms with E-state index in [0.717, 1.165) is 52.1 Å². The minimum Gasteiger partial charge on any atom is -0.385 e. The van der Waals surface area contributed by atoms with Crippen LogP contribution >= 0.6 is 0 Å². The zero-order valence-corrected chi connectivity index (χ0v) is 13.9. The molecule has 0 amide bonds. The molecule has 0 aliphatic heterocycles. The number of methoxy groups -OCH3 is 2. The Morgan fingerprint density at radius 1 is 1.14 bits per heavy atom. The van der Waals surface area contributed by atoms with Crippen LogP contribution < -0.4 is 5.32 Å². The average molecular weight is 297 g/mol. The van der Waals surface area contributed by atoms with E-state index in [4.69, 9.17) is 9.47 Å². The van der Waals surface area contributed by atoms with Gasteiger partial charge in [-0.2, -0.15) is 5.26 Å². The standard InChI is InChI=1S/C16H31N3O2/c1-16(14-17,18-15-6-7-15)8-4-9-19(11-13-21-3)10-5-12-20-2/h15,18H,4-13H2,1-3H3. The second-order valence-electron chi connectivity index (χ2n) is 6.15. The van der Waals surface area contributed by atoms with Crippen LogP contribution in [0.15, 0.2) is 0 Å². The van der Waals surface area contributed by atoms with E-state index in [0.29, 0.717) is 6.04 Å². The predicted octanol–water partition coefficient (Wildman–Crippen LogP) is 1.79. The number of nitriles is 1. The van der Waals surface area contributed by atoms with E-state index in [-0.39, 0.29) is 5.54 Å². The van der Waals surface area contributed by atoms with Gasteiger partial charge in [0.2, 0.25) is 0 Å². The molecule has 1 saturated carbocycles. The van der Waals surface area contributed by atoms with Gasteiger partial charge in [0.15, 0.2) is 0 Å². The lowest BCUT2D eigenvalue weighted by molar-refractivity contribution is 0.130. The zero-order chi connectivity index (χ0) is 15.6. The van der Waals surface area contributed by atoms with Gasteiger partial charge in [0.25, 0.3) is 0 Å². The average Bonchev–Trinajstić information content (AvgIpc) is 3.28. The van der Waals surface area contributed by atoms with E-state index >= 15 is 0 Å². The third kappa shape index (κ3) is 8.37. The highest BCUT2D eigenvalue weighted by atomic mass is 16.5. The van der Waals surface area contributed by atoms with Crippen molar-refractivity contribution in [3.05, 3.63) is 0 Å². The Morgan fingerprint density at radius 2 is 1.81 bits per heavy atom. The molecule has 0 aromatic heterocycles. The highest BCUT2D eigenvalue weighted by Crippen LogP contribution is 2.24. The molecular formula is C16H31N3O2. The van der Waals surface area contributed by atoms with Crippen LogP contribution in [0, 0.1) is 11.3 Å². The van der Waals surface area contributed by atoms with Crippen LogP contribution in [0.3, 0.4) is 0 Å². The van der Waals surface area contributed by atoms with Gasteiger partial charge in [-0.1, -0.05) is 0 Å². The van der Waals surface area contributed by atoms with Crippen molar-refractivity contribution >= 4 is 0 Å². The van der Waals surface area contributed by atoms with Gasteiger partial charge in [0.05, 0.1) is 12.7 Å². The van der Waals surface area contributed by atoms with Gasteiger partial charge in [-0.05, 0) is 45.6 Å². The Kier molecular flexibility index (Phi) is 8.86. The third-order valence-corrected chi connectivity index (χ3v) is 3.93. The lowest BCUT2D eigenvalue weighted by Gasteiger charge is -2.26. The topological polar surface area (TPSA) is 57.5 Å². The first kappa shape index (κ1) is 18.4. The summed E-state index contributed by atoms with van der Waals surface area (Å²) in [6.07, 6.45) is 5.40. The number of nitrogens with zero attached hydrogens (tertiary/aromatic N) is 2. The molecule has 1 rings (SSSR count). The molecule has 0 aromatic carbocycles. The van der Waals surface area contributed by atoms with Crippen molar-refractivity contribution in [2.24, 2.45) is 0 Å². The van der Waals surface area contributed by atoms with Crippen LogP contribution in [0.5, 0.6) is 0 Å². The second kappa shape index (κ2) is 10.1. The van der Waals surface area contributed by atoms with Crippen LogP contribution in [0.1, 0.15) is 39.0 Å². The van der Waals surface area contributed by atoms with Gasteiger partial charge in [-0.25, -0.2) is 0 Å². The van der Waals surface area contributed by atoms with E-state index in [1.807, 2.05) is 6.92 Å². The summed E-state index contributed by atoms with van der Waals surface area (Å²) in [5.74, 6) is 0. The smallest absolute Gasteiger partial charge is 0.104 e. The van der Waals surface area contributed by atoms with Crippen molar-refractivity contribution in [3.63, 3.8) is 0 Å². The fourth-order valence-corrected chi connectivity index (χ4v) is 2.48. The lowest BCUT2D eigenvalue weighted by Crippen LogP contribution is -2.43. The molecule has 1 N–H and O–H groups in total. The number of hydrogen-bond donors (Lipinski definition) is 1. The highest BCUT2D eigenvalue weighted by Gasteiger charge is 2.32. The summed E-state index contributed by atoms with van der Waals surface area (Å²) in [4.78, 5) is 2.40. The highest BCUT2D eigenvalue weighted by molar-refractivity contribution is 5.07. The monoisotopic (exact) mass is 297 g/mol. The Bertz CT molecular complexity index is 315. The van der Waals surface area contributed by atoms with E-state index in [1.165, 1.54) is 12.8 Å². The van der Waals surface area contributed by atoms with Gasteiger partial charge < -0.3 is 14.4 Å². The Morgan fingerprint density at radius 3 is 2.38 bits per heavy atom. The molecule has 1 fully saturated rings. The summed E-state index contributed by atoms with van der Waals surface area (Å²) < 4.78 is 10.3. The van der Waals surface area contributed by atoms with Crippen molar-refractivity contribution in [3.8, 4) is 6.07 Å². The fraction of sp³-hybridized carbons (Fsp3) is 0.938. The fourth-order valence-electron chi connectivity index (χ4n) is 2.48. The van der Waals surface area contributed by atoms with Crippen LogP contribution in [-0.2, 0) is 9.47 Å². The van der Waals surface area contributed by atoms with Crippen molar-refractivity contribution < 1.29 is 9.47 Å². The summed E-state index contributed by atoms with van der Waals surface area (Å²) in [6, 6.07) is 3.01. The van der Waals surface area contributed by atoms with Crippen LogP contribution in [0.4, 0.5) is 0 Å². The maximum absolute atomic E-state index is 9.38. The van der Waals surface area contributed by atoms with Crippen molar-refractivity contribution in [1.82, 2.24) is 10.2 Å². The molecule has 21 heavy (non-hydrogen) atoms. The van der Waals surface area contributed by atoms with Crippen molar-refractivity contribution in [2.45, 2.75) is 50.6 Å². The summed E-state index contributed by atoms with van der Waals surface area (Å²) >= 11 is 0. The van der Waals surface area contributed by atoms with E-state index in [9.17, 15) is 5.26 Å². The van der Waals surface area contributed by atoms with Crippen LogP contribution in [0.2, 0.25) is 0 Å². The zero-order valence-electron chi connectivity index (χ0n) is 13.9. The summed E-state index contributed by atoms with van der Waals surface area (Å²) in [5, 5.41) is 12.8. The summed E-state index contributed by atoms with van der Waals surface area (Å²) in [6.45, 7) is 6.55. The summed E-state index contributed by atoms with van der Waals surface area (Å²) in [7, 11) is 3.47. The van der Waals surface area contributed by atoms with Gasteiger partial charge in [-0.15, -0.1) is 0 Å². The molecule has 0 saturated heterocycles. The molecule has 1 aliphatic rings. The quantitative estimate of drug-likeness (QED) is 0.525. The minimum absolute atomic E-state index is 0.374. The van der Waals surface area contributed by atoms with Gasteiger partial charge in [0.1, 0.15) is 5.54 Å². The van der Waals surface area contributed by atoms with Crippen molar-refractivity contribution in [1.29, 1.82) is 5.26 Å². The molecule has 5 nitrogen and oxygen atoms in total. The second-order valence-corrected chi connectivity index (χ2v) is 6.15. The van der Waals surface area contributed by atoms with E-state index < -0.39 is 0 Å². The Hall–Kier alpha value is -0.670. The molecular weight excluding hydrogens is 266 g/mol. The summed E-state index contributed by atoms with van der Waals surface area (Å²) in [5.41, 5.74) is -0.374. The SMILES string of the molecule is COCCCN(CCCC(C)(C#N)NC1CC1)CCOC. The predicted molar refractivity (Wildman–Crippen MR) is 84.2 cm³/mol. The molecule has 1 aliphatic carbocycles. The molecule has 0 spiro atoms. The molecule has 1 unspecified atom stereocenters. The minimum atomic E-state index is -0.374. The molecule has 0 bridgehead atoms. The molecule has 0 radical (unpaired) electrons. The number of rotatable bonds is 13. The third-order valence-electron chi connectivity index (χ3n) is 3.93. The Labute approximate surface area is 129 Å². The number of hydrogen-bond acceptors (Lipinski definition) is 5. The first-order chi connectivity index (χ1) is 10.1. The van der Waals surface area contributed by atoms with Gasteiger partial charge >= 0.3 is 0 Å². The largest absolute Gasteiger partial charge is 0.385 e. The van der Waals surface area contributed by atoms with Crippen LogP contribution in [-0.4, -0.2) is 63.5 Å². The first-order valence-corrected chi connectivity index (χ1v) is 8.02. The first-order valence-electron chi connectivity index (χ1n) is 8.02. The molecule has 0 aromatic rings. The van der Waals surface area contributed by atoms with Crippen molar-refractivity contribution in [2.75, 3.05) is 47.1 Å². The van der Waals surface area contributed by atoms with Gasteiger partial charge in [0, 0.05) is 40.0 Å². The molecule has 0 heterocycles. The maximum atomic E-state index is 9.38. The normalized spacial score (nSPS) is 17.7. The lowest BCUT2D eigenvalue weighted by atomic mass is 9.97. The van der Waals surface area contributed by atoms with E-state index in [2.05, 4.69) is 16.3 Å². The molecule has 1 atom stereocenters.